The van der Waals surface area contributed by atoms with E-state index in [0.717, 1.165) is 5.56 Å². The van der Waals surface area contributed by atoms with Gasteiger partial charge in [-0.3, -0.25) is 9.36 Å². The van der Waals surface area contributed by atoms with E-state index in [-0.39, 0.29) is 17.9 Å². The van der Waals surface area contributed by atoms with Crippen molar-refractivity contribution in [2.75, 3.05) is 0 Å². The third kappa shape index (κ3) is 3.04. The number of nitriles is 1. The Labute approximate surface area is 144 Å². The summed E-state index contributed by atoms with van der Waals surface area (Å²) in [6, 6.07) is 13.1. The molecule has 25 heavy (non-hydrogen) atoms. The highest BCUT2D eigenvalue weighted by Gasteiger charge is 2.16. The zero-order chi connectivity index (χ0) is 18.1. The molecule has 5 heteroatoms. The number of aromatic nitrogens is 1. The van der Waals surface area contributed by atoms with Crippen LogP contribution in [-0.4, -0.2) is 9.67 Å². The van der Waals surface area contributed by atoms with Crippen LogP contribution in [0.25, 0.3) is 22.0 Å². The van der Waals surface area contributed by atoms with Gasteiger partial charge in [0.1, 0.15) is 12.4 Å². The zero-order valence-electron chi connectivity index (χ0n) is 14.0. The Morgan fingerprint density at radius 3 is 2.48 bits per heavy atom. The number of nitrogens with zero attached hydrogens (tertiary/aromatic N) is 2. The number of aliphatic hydroxyl groups is 1. The molecule has 3 rings (SSSR count). The van der Waals surface area contributed by atoms with Crippen LogP contribution in [-0.2, 0) is 6.54 Å². The molecule has 2 aromatic carbocycles. The van der Waals surface area contributed by atoms with Crippen molar-refractivity contribution in [3.63, 3.8) is 0 Å². The highest BCUT2D eigenvalue weighted by molar-refractivity contribution is 5.89. The molecule has 3 aromatic rings. The largest absolute Gasteiger partial charge is 0.389 e. The molecule has 1 atom stereocenters. The molecular weight excluding hydrogens is 319 g/mol. The average molecular weight is 336 g/mol. The minimum absolute atomic E-state index is 0.112. The van der Waals surface area contributed by atoms with E-state index < -0.39 is 6.10 Å². The van der Waals surface area contributed by atoms with Gasteiger partial charge in [-0.15, -0.1) is 0 Å². The Morgan fingerprint density at radius 1 is 1.20 bits per heavy atom. The first-order valence-corrected chi connectivity index (χ1v) is 7.91. The molecule has 1 heterocycles. The minimum Gasteiger partial charge on any atom is -0.389 e. The number of aliphatic hydroxyl groups excluding tert-OH is 1. The van der Waals surface area contributed by atoms with E-state index in [2.05, 4.69) is 0 Å². The van der Waals surface area contributed by atoms with Crippen LogP contribution in [0.1, 0.15) is 24.2 Å². The number of benzene rings is 2. The zero-order valence-corrected chi connectivity index (χ0v) is 14.0. The van der Waals surface area contributed by atoms with Gasteiger partial charge in [0, 0.05) is 5.39 Å². The molecule has 0 saturated carbocycles. The molecule has 0 aliphatic heterocycles. The van der Waals surface area contributed by atoms with E-state index >= 15 is 0 Å². The predicted molar refractivity (Wildman–Crippen MR) is 94.6 cm³/mol. The quantitative estimate of drug-likeness (QED) is 0.793. The molecule has 0 aliphatic carbocycles. The molecule has 0 bridgehead atoms. The SMILES string of the molecule is Cc1cc(C(C)O)c2cc(-c3ccc(F)cc3)n(CC#N)c(=O)c2c1. The second kappa shape index (κ2) is 6.50. The van der Waals surface area contributed by atoms with Crippen LogP contribution in [0.3, 0.4) is 0 Å². The van der Waals surface area contributed by atoms with Gasteiger partial charge in [-0.25, -0.2) is 4.39 Å². The van der Waals surface area contributed by atoms with E-state index in [4.69, 9.17) is 5.26 Å². The number of fused-ring (bicyclic) bond motifs is 1. The Bertz CT molecular complexity index is 1040. The van der Waals surface area contributed by atoms with Gasteiger partial charge in [0.15, 0.2) is 0 Å². The van der Waals surface area contributed by atoms with Gasteiger partial charge in [-0.1, -0.05) is 6.07 Å². The summed E-state index contributed by atoms with van der Waals surface area (Å²) in [7, 11) is 0. The first kappa shape index (κ1) is 16.9. The summed E-state index contributed by atoms with van der Waals surface area (Å²) in [5.74, 6) is -0.376. The normalized spacial score (nSPS) is 12.1. The predicted octanol–water partition coefficient (Wildman–Crippen LogP) is 3.69. The molecule has 0 amide bonds. The highest BCUT2D eigenvalue weighted by atomic mass is 19.1. The van der Waals surface area contributed by atoms with Crippen molar-refractivity contribution in [3.8, 4) is 17.3 Å². The van der Waals surface area contributed by atoms with Crippen molar-refractivity contribution < 1.29 is 9.50 Å². The fourth-order valence-corrected chi connectivity index (χ4v) is 3.07. The van der Waals surface area contributed by atoms with Gasteiger partial charge in [0.25, 0.3) is 5.56 Å². The van der Waals surface area contributed by atoms with Crippen molar-refractivity contribution in [1.82, 2.24) is 4.57 Å². The van der Waals surface area contributed by atoms with Crippen LogP contribution in [0.2, 0.25) is 0 Å². The standard InChI is InChI=1S/C20H17FN2O2/c1-12-9-16(13(2)24)17-11-19(14-3-5-15(21)6-4-14)23(8-7-22)20(25)18(17)10-12/h3-6,9-11,13,24H,8H2,1-2H3. The van der Waals surface area contributed by atoms with Crippen LogP contribution < -0.4 is 5.56 Å². The number of halogens is 1. The molecule has 0 aliphatic rings. The second-order valence-corrected chi connectivity index (χ2v) is 6.08. The van der Waals surface area contributed by atoms with Gasteiger partial charge >= 0.3 is 0 Å². The van der Waals surface area contributed by atoms with E-state index in [9.17, 15) is 14.3 Å². The minimum atomic E-state index is -0.741. The summed E-state index contributed by atoms with van der Waals surface area (Å²) in [5, 5.41) is 20.3. The fraction of sp³-hybridized carbons (Fsp3) is 0.200. The van der Waals surface area contributed by atoms with Crippen LogP contribution >= 0.6 is 0 Å². The Kier molecular flexibility index (Phi) is 4.39. The molecule has 1 aromatic heterocycles. The maximum atomic E-state index is 13.2. The summed E-state index contributed by atoms with van der Waals surface area (Å²) >= 11 is 0. The number of pyridine rings is 1. The maximum Gasteiger partial charge on any atom is 0.259 e. The lowest BCUT2D eigenvalue weighted by molar-refractivity contribution is 0.201. The number of hydrogen-bond acceptors (Lipinski definition) is 3. The average Bonchev–Trinajstić information content (AvgIpc) is 2.58. The smallest absolute Gasteiger partial charge is 0.259 e. The molecule has 1 N–H and O–H groups in total. The Balaban J connectivity index is 2.43. The lowest BCUT2D eigenvalue weighted by Gasteiger charge is -2.16. The van der Waals surface area contributed by atoms with Crippen LogP contribution in [0, 0.1) is 24.1 Å². The van der Waals surface area contributed by atoms with Crippen LogP contribution in [0.4, 0.5) is 4.39 Å². The van der Waals surface area contributed by atoms with E-state index in [1.807, 2.05) is 19.1 Å². The molecule has 126 valence electrons. The Hall–Kier alpha value is -2.97. The Morgan fingerprint density at radius 2 is 1.88 bits per heavy atom. The third-order valence-electron chi connectivity index (χ3n) is 4.22. The number of hydrogen-bond donors (Lipinski definition) is 1. The summed E-state index contributed by atoms with van der Waals surface area (Å²) < 4.78 is 14.6. The molecule has 0 radical (unpaired) electrons. The molecular formula is C20H17FN2O2. The first-order chi connectivity index (χ1) is 11.9. The monoisotopic (exact) mass is 336 g/mol. The van der Waals surface area contributed by atoms with Gasteiger partial charge in [-0.05, 0) is 72.3 Å². The molecule has 0 saturated heterocycles. The number of rotatable bonds is 3. The van der Waals surface area contributed by atoms with Crippen LogP contribution in [0.15, 0.2) is 47.3 Å². The van der Waals surface area contributed by atoms with E-state index in [0.29, 0.717) is 27.6 Å². The van der Waals surface area contributed by atoms with Crippen molar-refractivity contribution in [3.05, 3.63) is 69.8 Å². The van der Waals surface area contributed by atoms with E-state index in [1.54, 1.807) is 31.2 Å². The summed E-state index contributed by atoms with van der Waals surface area (Å²) in [5.41, 5.74) is 2.36. The lowest BCUT2D eigenvalue weighted by Crippen LogP contribution is -2.22. The molecule has 1 unspecified atom stereocenters. The topological polar surface area (TPSA) is 66.0 Å². The maximum absolute atomic E-state index is 13.2. The molecule has 0 spiro atoms. The summed E-state index contributed by atoms with van der Waals surface area (Å²) in [6.45, 7) is 3.39. The lowest BCUT2D eigenvalue weighted by atomic mass is 9.97. The van der Waals surface area contributed by atoms with Gasteiger partial charge in [0.2, 0.25) is 0 Å². The van der Waals surface area contributed by atoms with Gasteiger partial charge in [-0.2, -0.15) is 5.26 Å². The van der Waals surface area contributed by atoms with Gasteiger partial charge < -0.3 is 5.11 Å². The summed E-state index contributed by atoms with van der Waals surface area (Å²) in [4.78, 5) is 13.0. The second-order valence-electron chi connectivity index (χ2n) is 6.08. The van der Waals surface area contributed by atoms with Gasteiger partial charge in [0.05, 0.1) is 17.9 Å². The summed E-state index contributed by atoms with van der Waals surface area (Å²) in [6.07, 6.45) is -0.741. The molecule has 4 nitrogen and oxygen atoms in total. The third-order valence-corrected chi connectivity index (χ3v) is 4.22. The van der Waals surface area contributed by atoms with Crippen molar-refractivity contribution in [2.45, 2.75) is 26.5 Å². The van der Waals surface area contributed by atoms with Crippen molar-refractivity contribution >= 4 is 10.8 Å². The molecule has 0 fully saturated rings. The first-order valence-electron chi connectivity index (χ1n) is 7.91. The van der Waals surface area contributed by atoms with Crippen molar-refractivity contribution in [2.24, 2.45) is 0 Å². The number of aryl methyl sites for hydroxylation is 1. The fourth-order valence-electron chi connectivity index (χ4n) is 3.07. The highest BCUT2D eigenvalue weighted by Crippen LogP contribution is 2.29. The van der Waals surface area contributed by atoms with E-state index in [1.165, 1.54) is 16.7 Å². The van der Waals surface area contributed by atoms with Crippen molar-refractivity contribution in [1.29, 1.82) is 5.26 Å². The van der Waals surface area contributed by atoms with Crippen LogP contribution in [0.5, 0.6) is 0 Å².